The van der Waals surface area contributed by atoms with Gasteiger partial charge in [0.1, 0.15) is 0 Å². The summed E-state index contributed by atoms with van der Waals surface area (Å²) >= 11 is 6.07. The number of pyridine rings is 1. The standard InChI is InChI=1S/C26H34ClN3O2/c27-22-11-9-20(10-12-22)25(24-8-4-5-15-28-24)29-26(31)21-13-16-30(17-14-21)18-19-32-23-6-2-1-3-7-23/h4-5,8-12,15,21,23,25H,1-3,6-7,13-14,16-19H2,(H,29,31). The first kappa shape index (κ1) is 23.2. The largest absolute Gasteiger partial charge is 0.377 e. The molecule has 5 nitrogen and oxygen atoms in total. The van der Waals surface area contributed by atoms with Crippen molar-refractivity contribution in [2.24, 2.45) is 5.92 Å². The molecule has 1 saturated carbocycles. The van der Waals surface area contributed by atoms with Gasteiger partial charge < -0.3 is 15.0 Å². The summed E-state index contributed by atoms with van der Waals surface area (Å²) in [6.45, 7) is 3.66. The number of likely N-dealkylation sites (tertiary alicyclic amines) is 1. The van der Waals surface area contributed by atoms with Crippen molar-refractivity contribution in [3.05, 3.63) is 64.9 Å². The van der Waals surface area contributed by atoms with E-state index in [-0.39, 0.29) is 17.9 Å². The Labute approximate surface area is 196 Å². The van der Waals surface area contributed by atoms with Crippen LogP contribution in [0.5, 0.6) is 0 Å². The molecule has 2 heterocycles. The van der Waals surface area contributed by atoms with E-state index in [1.165, 1.54) is 32.1 Å². The van der Waals surface area contributed by atoms with Gasteiger partial charge >= 0.3 is 0 Å². The van der Waals surface area contributed by atoms with E-state index in [1.54, 1.807) is 6.20 Å². The van der Waals surface area contributed by atoms with Crippen LogP contribution in [0, 0.1) is 5.92 Å². The second-order valence-electron chi connectivity index (χ2n) is 8.99. The molecule has 6 heteroatoms. The third kappa shape index (κ3) is 6.53. The Balaban J connectivity index is 1.28. The minimum atomic E-state index is -0.275. The summed E-state index contributed by atoms with van der Waals surface area (Å²) in [5.41, 5.74) is 1.82. The van der Waals surface area contributed by atoms with Gasteiger partial charge in [0, 0.05) is 23.7 Å². The number of hydrogen-bond acceptors (Lipinski definition) is 4. The molecule has 0 bridgehead atoms. The van der Waals surface area contributed by atoms with Crippen molar-refractivity contribution in [2.45, 2.75) is 57.1 Å². The van der Waals surface area contributed by atoms with Crippen molar-refractivity contribution in [3.63, 3.8) is 0 Å². The molecule has 2 aromatic rings. The van der Waals surface area contributed by atoms with Crippen LogP contribution in [0.3, 0.4) is 0 Å². The molecular weight excluding hydrogens is 422 g/mol. The van der Waals surface area contributed by atoms with Crippen molar-refractivity contribution in [3.8, 4) is 0 Å². The predicted octanol–water partition coefficient (Wildman–Crippen LogP) is 5.00. The van der Waals surface area contributed by atoms with Gasteiger partial charge in [0.15, 0.2) is 0 Å². The summed E-state index contributed by atoms with van der Waals surface area (Å²) in [5, 5.41) is 3.93. The van der Waals surface area contributed by atoms with Crippen LogP contribution >= 0.6 is 11.6 Å². The maximum atomic E-state index is 13.1. The lowest BCUT2D eigenvalue weighted by Gasteiger charge is -2.32. The summed E-state index contributed by atoms with van der Waals surface area (Å²) in [4.78, 5) is 20.1. The monoisotopic (exact) mass is 455 g/mol. The minimum absolute atomic E-state index is 0.0315. The summed E-state index contributed by atoms with van der Waals surface area (Å²) in [6, 6.07) is 13.1. The number of hydrogen-bond donors (Lipinski definition) is 1. The quantitative estimate of drug-likeness (QED) is 0.608. The zero-order chi connectivity index (χ0) is 22.2. The van der Waals surface area contributed by atoms with Gasteiger partial charge in [-0.2, -0.15) is 0 Å². The Morgan fingerprint density at radius 3 is 2.50 bits per heavy atom. The van der Waals surface area contributed by atoms with Crippen LogP contribution in [-0.2, 0) is 9.53 Å². The van der Waals surface area contributed by atoms with Gasteiger partial charge in [-0.05, 0) is 68.6 Å². The number of aromatic nitrogens is 1. The van der Waals surface area contributed by atoms with E-state index in [1.807, 2.05) is 42.5 Å². The SMILES string of the molecule is O=C(NC(c1ccc(Cl)cc1)c1ccccn1)C1CCN(CCOC2CCCCC2)CC1. The molecule has 1 aliphatic carbocycles. The summed E-state index contributed by atoms with van der Waals surface area (Å²) < 4.78 is 6.08. The fourth-order valence-corrected chi connectivity index (χ4v) is 4.92. The van der Waals surface area contributed by atoms with E-state index in [9.17, 15) is 4.79 Å². The van der Waals surface area contributed by atoms with Crippen LogP contribution in [-0.4, -0.2) is 48.1 Å². The van der Waals surface area contributed by atoms with Crippen LogP contribution < -0.4 is 5.32 Å². The second-order valence-corrected chi connectivity index (χ2v) is 9.43. The number of benzene rings is 1. The summed E-state index contributed by atoms with van der Waals surface area (Å²) in [6.07, 6.45) is 10.4. The average molecular weight is 456 g/mol. The first-order chi connectivity index (χ1) is 15.7. The van der Waals surface area contributed by atoms with Gasteiger partial charge in [-0.25, -0.2) is 0 Å². The number of nitrogens with one attached hydrogen (secondary N) is 1. The Bertz CT molecular complexity index is 832. The lowest BCUT2D eigenvalue weighted by atomic mass is 9.94. The molecule has 1 saturated heterocycles. The third-order valence-corrected chi connectivity index (χ3v) is 7.00. The maximum Gasteiger partial charge on any atom is 0.224 e. The second kappa shape index (κ2) is 11.8. The minimum Gasteiger partial charge on any atom is -0.377 e. The van der Waals surface area contributed by atoms with E-state index >= 15 is 0 Å². The number of carbonyl (C=O) groups excluding carboxylic acids is 1. The van der Waals surface area contributed by atoms with Crippen LogP contribution in [0.4, 0.5) is 0 Å². The van der Waals surface area contributed by atoms with Crippen molar-refractivity contribution in [1.82, 2.24) is 15.2 Å². The number of amides is 1. The van der Waals surface area contributed by atoms with Crippen LogP contribution in [0.1, 0.15) is 62.2 Å². The number of carbonyl (C=O) groups is 1. The highest BCUT2D eigenvalue weighted by Gasteiger charge is 2.28. The van der Waals surface area contributed by atoms with E-state index < -0.39 is 0 Å². The molecule has 172 valence electrons. The predicted molar refractivity (Wildman–Crippen MR) is 128 cm³/mol. The van der Waals surface area contributed by atoms with Gasteiger partial charge in [-0.15, -0.1) is 0 Å². The highest BCUT2D eigenvalue weighted by atomic mass is 35.5. The Morgan fingerprint density at radius 1 is 1.06 bits per heavy atom. The first-order valence-corrected chi connectivity index (χ1v) is 12.4. The molecule has 1 N–H and O–H groups in total. The third-order valence-electron chi connectivity index (χ3n) is 6.75. The van der Waals surface area contributed by atoms with Gasteiger partial charge in [-0.3, -0.25) is 9.78 Å². The first-order valence-electron chi connectivity index (χ1n) is 12.0. The highest BCUT2D eigenvalue weighted by Crippen LogP contribution is 2.25. The summed E-state index contributed by atoms with van der Waals surface area (Å²) in [7, 11) is 0. The molecule has 4 rings (SSSR count). The smallest absolute Gasteiger partial charge is 0.224 e. The zero-order valence-electron chi connectivity index (χ0n) is 18.7. The summed E-state index contributed by atoms with van der Waals surface area (Å²) in [5.74, 6) is 0.137. The van der Waals surface area contributed by atoms with Crippen LogP contribution in [0.2, 0.25) is 5.02 Å². The molecule has 1 aliphatic heterocycles. The van der Waals surface area contributed by atoms with Crippen LogP contribution in [0.25, 0.3) is 0 Å². The Hall–Kier alpha value is -1.95. The molecule has 0 spiro atoms. The molecule has 1 aromatic heterocycles. The highest BCUT2D eigenvalue weighted by molar-refractivity contribution is 6.30. The lowest BCUT2D eigenvalue weighted by Crippen LogP contribution is -2.43. The van der Waals surface area contributed by atoms with E-state index in [4.69, 9.17) is 16.3 Å². The molecule has 2 aliphatic rings. The Kier molecular flexibility index (Phi) is 8.55. The van der Waals surface area contributed by atoms with Crippen molar-refractivity contribution < 1.29 is 9.53 Å². The van der Waals surface area contributed by atoms with Gasteiger partial charge in [-0.1, -0.05) is 49.1 Å². The number of halogens is 1. The maximum absolute atomic E-state index is 13.1. The molecular formula is C26H34ClN3O2. The normalized spacial score (nSPS) is 19.5. The number of ether oxygens (including phenoxy) is 1. The fourth-order valence-electron chi connectivity index (χ4n) is 4.79. The van der Waals surface area contributed by atoms with Crippen LogP contribution in [0.15, 0.2) is 48.7 Å². The topological polar surface area (TPSA) is 54.5 Å². The Morgan fingerprint density at radius 2 is 1.81 bits per heavy atom. The average Bonchev–Trinajstić information content (AvgIpc) is 2.85. The van der Waals surface area contributed by atoms with E-state index in [0.29, 0.717) is 11.1 Å². The molecule has 1 aromatic carbocycles. The number of rotatable bonds is 8. The molecule has 0 radical (unpaired) electrons. The van der Waals surface area contributed by atoms with Crippen molar-refractivity contribution >= 4 is 17.5 Å². The molecule has 32 heavy (non-hydrogen) atoms. The number of nitrogens with zero attached hydrogens (tertiary/aromatic N) is 2. The number of piperidine rings is 1. The molecule has 2 fully saturated rings. The van der Waals surface area contributed by atoms with Gasteiger partial charge in [0.2, 0.25) is 5.91 Å². The molecule has 1 amide bonds. The fraction of sp³-hybridized carbons (Fsp3) is 0.538. The van der Waals surface area contributed by atoms with Crippen molar-refractivity contribution in [1.29, 1.82) is 0 Å². The van der Waals surface area contributed by atoms with Crippen molar-refractivity contribution in [2.75, 3.05) is 26.2 Å². The zero-order valence-corrected chi connectivity index (χ0v) is 19.5. The van der Waals surface area contributed by atoms with E-state index in [2.05, 4.69) is 15.2 Å². The molecule has 1 atom stereocenters. The lowest BCUT2D eigenvalue weighted by molar-refractivity contribution is -0.127. The van der Waals surface area contributed by atoms with Gasteiger partial charge in [0.25, 0.3) is 0 Å². The molecule has 1 unspecified atom stereocenters. The van der Waals surface area contributed by atoms with Gasteiger partial charge in [0.05, 0.1) is 24.4 Å². The van der Waals surface area contributed by atoms with E-state index in [0.717, 1.165) is 50.3 Å².